The first kappa shape index (κ1) is 11.8. The van der Waals surface area contributed by atoms with E-state index in [1.54, 1.807) is 26.0 Å². The summed E-state index contributed by atoms with van der Waals surface area (Å²) in [6.45, 7) is 4.31. The van der Waals surface area contributed by atoms with Gasteiger partial charge >= 0.3 is 0 Å². The predicted molar refractivity (Wildman–Crippen MR) is 57.7 cm³/mol. The average Bonchev–Trinajstić information content (AvgIpc) is 2.19. The molecule has 3 nitrogen and oxygen atoms in total. The fourth-order valence-corrected chi connectivity index (χ4v) is 1.15. The van der Waals surface area contributed by atoms with Crippen LogP contribution in [0.2, 0.25) is 0 Å². The Balaban J connectivity index is 2.64. The number of hydrogen-bond donors (Lipinski definition) is 2. The fourth-order valence-electron chi connectivity index (χ4n) is 1.15. The van der Waals surface area contributed by atoms with E-state index in [0.717, 1.165) is 0 Å². The molecule has 0 saturated heterocycles. The molecule has 1 aromatic carbocycles. The number of anilines is 1. The lowest BCUT2D eigenvalue weighted by Gasteiger charge is -2.10. The Morgan fingerprint density at radius 1 is 1.53 bits per heavy atom. The third kappa shape index (κ3) is 3.75. The molecule has 1 atom stereocenters. The van der Waals surface area contributed by atoms with E-state index in [9.17, 15) is 4.39 Å². The van der Waals surface area contributed by atoms with Gasteiger partial charge in [0.1, 0.15) is 0 Å². The monoisotopic (exact) mass is 213 g/mol. The van der Waals surface area contributed by atoms with Gasteiger partial charge in [-0.2, -0.15) is 0 Å². The number of rotatable bonds is 5. The van der Waals surface area contributed by atoms with Crippen LogP contribution in [0.15, 0.2) is 18.2 Å². The lowest BCUT2D eigenvalue weighted by atomic mass is 10.2. The Hall–Kier alpha value is -1.29. The lowest BCUT2D eigenvalue weighted by molar-refractivity contribution is 0.208. The molecular weight excluding hydrogens is 197 g/mol. The molecule has 0 aromatic heterocycles. The van der Waals surface area contributed by atoms with Crippen LogP contribution in [0, 0.1) is 5.82 Å². The molecule has 0 spiro atoms. The minimum Gasteiger partial charge on any atom is -0.491 e. The molecule has 1 rings (SSSR count). The molecule has 4 heteroatoms. The third-order valence-electron chi connectivity index (χ3n) is 1.83. The molecular formula is C11H16FNO2. The summed E-state index contributed by atoms with van der Waals surface area (Å²) in [5.74, 6) is -0.146. The summed E-state index contributed by atoms with van der Waals surface area (Å²) in [5.41, 5.74) is 0.636. The largest absolute Gasteiger partial charge is 0.491 e. The molecule has 0 unspecified atom stereocenters. The maximum Gasteiger partial charge on any atom is 0.167 e. The van der Waals surface area contributed by atoms with E-state index in [2.05, 4.69) is 5.32 Å². The summed E-state index contributed by atoms with van der Waals surface area (Å²) >= 11 is 0. The zero-order valence-electron chi connectivity index (χ0n) is 8.96. The highest BCUT2D eigenvalue weighted by molar-refractivity contribution is 5.47. The van der Waals surface area contributed by atoms with Crippen molar-refractivity contribution >= 4 is 5.69 Å². The van der Waals surface area contributed by atoms with Gasteiger partial charge in [0.25, 0.3) is 0 Å². The van der Waals surface area contributed by atoms with Crippen molar-refractivity contribution in [3.05, 3.63) is 24.0 Å². The van der Waals surface area contributed by atoms with Crippen molar-refractivity contribution in [1.29, 1.82) is 0 Å². The van der Waals surface area contributed by atoms with Crippen LogP contribution in [-0.2, 0) is 0 Å². The zero-order chi connectivity index (χ0) is 11.3. The molecule has 0 bridgehead atoms. The highest BCUT2D eigenvalue weighted by Crippen LogP contribution is 2.20. The van der Waals surface area contributed by atoms with Gasteiger partial charge in [-0.1, -0.05) is 0 Å². The normalized spacial score (nSPS) is 12.3. The van der Waals surface area contributed by atoms with Crippen molar-refractivity contribution in [1.82, 2.24) is 0 Å². The zero-order valence-corrected chi connectivity index (χ0v) is 8.96. The molecule has 0 saturated carbocycles. The van der Waals surface area contributed by atoms with Crippen LogP contribution in [0.5, 0.6) is 5.75 Å². The van der Waals surface area contributed by atoms with Gasteiger partial charge in [0.2, 0.25) is 0 Å². The Labute approximate surface area is 88.9 Å². The van der Waals surface area contributed by atoms with Crippen molar-refractivity contribution in [2.24, 2.45) is 0 Å². The second-order valence-electron chi connectivity index (χ2n) is 3.31. The first-order valence-corrected chi connectivity index (χ1v) is 4.97. The smallest absolute Gasteiger partial charge is 0.167 e. The van der Waals surface area contributed by atoms with E-state index in [4.69, 9.17) is 9.84 Å². The summed E-state index contributed by atoms with van der Waals surface area (Å²) < 4.78 is 18.4. The fraction of sp³-hybridized carbons (Fsp3) is 0.455. The van der Waals surface area contributed by atoms with Gasteiger partial charge < -0.3 is 15.2 Å². The van der Waals surface area contributed by atoms with Gasteiger partial charge in [-0.3, -0.25) is 0 Å². The van der Waals surface area contributed by atoms with E-state index in [1.807, 2.05) is 0 Å². The molecule has 0 radical (unpaired) electrons. The second-order valence-corrected chi connectivity index (χ2v) is 3.31. The van der Waals surface area contributed by atoms with Crippen molar-refractivity contribution < 1.29 is 14.2 Å². The van der Waals surface area contributed by atoms with Crippen molar-refractivity contribution in [3.8, 4) is 5.75 Å². The highest BCUT2D eigenvalue weighted by Gasteiger charge is 2.04. The van der Waals surface area contributed by atoms with E-state index in [-0.39, 0.29) is 5.75 Å². The quantitative estimate of drug-likeness (QED) is 0.786. The number of aliphatic hydroxyl groups excluding tert-OH is 1. The molecule has 2 N–H and O–H groups in total. The minimum absolute atomic E-state index is 0.250. The van der Waals surface area contributed by atoms with Gasteiger partial charge in [0, 0.05) is 18.3 Å². The topological polar surface area (TPSA) is 41.5 Å². The summed E-state index contributed by atoms with van der Waals surface area (Å²) in [7, 11) is 0. The molecule has 0 aliphatic carbocycles. The van der Waals surface area contributed by atoms with Gasteiger partial charge in [0.15, 0.2) is 11.6 Å². The molecule has 1 aromatic rings. The molecule has 0 amide bonds. The van der Waals surface area contributed by atoms with Crippen LogP contribution >= 0.6 is 0 Å². The summed E-state index contributed by atoms with van der Waals surface area (Å²) in [6.07, 6.45) is -0.459. The Kier molecular flexibility index (Phi) is 4.37. The standard InChI is InChI=1S/C11H16FNO2/c1-3-15-11-5-4-9(6-10(11)12)13-7-8(2)14/h4-6,8,13-14H,3,7H2,1-2H3/t8-/m0/s1. The van der Waals surface area contributed by atoms with E-state index < -0.39 is 11.9 Å². The minimum atomic E-state index is -0.459. The summed E-state index contributed by atoms with van der Waals surface area (Å²) in [6, 6.07) is 4.65. The maximum atomic E-state index is 13.3. The second kappa shape index (κ2) is 5.56. The number of halogens is 1. The summed E-state index contributed by atoms with van der Waals surface area (Å²) in [4.78, 5) is 0. The highest BCUT2D eigenvalue weighted by atomic mass is 19.1. The molecule has 15 heavy (non-hydrogen) atoms. The number of hydrogen-bond acceptors (Lipinski definition) is 3. The summed E-state index contributed by atoms with van der Waals surface area (Å²) in [5, 5.41) is 11.9. The van der Waals surface area contributed by atoms with Crippen molar-refractivity contribution in [3.63, 3.8) is 0 Å². The lowest BCUT2D eigenvalue weighted by Crippen LogP contribution is -2.15. The van der Waals surface area contributed by atoms with E-state index >= 15 is 0 Å². The van der Waals surface area contributed by atoms with Crippen LogP contribution in [0.3, 0.4) is 0 Å². The molecule has 0 aliphatic rings. The van der Waals surface area contributed by atoms with Gasteiger partial charge in [-0.05, 0) is 26.0 Å². The van der Waals surface area contributed by atoms with E-state index in [0.29, 0.717) is 18.8 Å². The van der Waals surface area contributed by atoms with Crippen LogP contribution in [-0.4, -0.2) is 24.4 Å². The van der Waals surface area contributed by atoms with Crippen LogP contribution in [0.4, 0.5) is 10.1 Å². The average molecular weight is 213 g/mol. The first-order chi connectivity index (χ1) is 7.13. The van der Waals surface area contributed by atoms with Crippen LogP contribution < -0.4 is 10.1 Å². The number of benzene rings is 1. The van der Waals surface area contributed by atoms with E-state index in [1.165, 1.54) is 6.07 Å². The number of nitrogens with one attached hydrogen (secondary N) is 1. The Bertz CT molecular complexity index is 315. The van der Waals surface area contributed by atoms with Crippen molar-refractivity contribution in [2.75, 3.05) is 18.5 Å². The first-order valence-electron chi connectivity index (χ1n) is 4.97. The third-order valence-corrected chi connectivity index (χ3v) is 1.83. The molecule has 0 heterocycles. The van der Waals surface area contributed by atoms with Crippen LogP contribution in [0.1, 0.15) is 13.8 Å². The number of aliphatic hydroxyl groups is 1. The predicted octanol–water partition coefficient (Wildman–Crippen LogP) is 2.02. The molecule has 0 aliphatic heterocycles. The van der Waals surface area contributed by atoms with Crippen molar-refractivity contribution in [2.45, 2.75) is 20.0 Å². The maximum absolute atomic E-state index is 13.3. The number of ether oxygens (including phenoxy) is 1. The molecule has 0 fully saturated rings. The van der Waals surface area contributed by atoms with Gasteiger partial charge in [-0.15, -0.1) is 0 Å². The SMILES string of the molecule is CCOc1ccc(NC[C@H](C)O)cc1F. The van der Waals surface area contributed by atoms with Gasteiger partial charge in [-0.25, -0.2) is 4.39 Å². The Morgan fingerprint density at radius 2 is 2.27 bits per heavy atom. The van der Waals surface area contributed by atoms with Gasteiger partial charge in [0.05, 0.1) is 12.7 Å². The Morgan fingerprint density at radius 3 is 2.80 bits per heavy atom. The van der Waals surface area contributed by atoms with Crippen LogP contribution in [0.25, 0.3) is 0 Å². The molecule has 84 valence electrons.